The second-order valence-electron chi connectivity index (χ2n) is 2.36. The maximum atomic E-state index is 10.2. The molecule has 0 aromatic carbocycles. The third-order valence-electron chi connectivity index (χ3n) is 1.13. The fourth-order valence-corrected chi connectivity index (χ4v) is 0.566. The molecule has 0 rings (SSSR count). The monoisotopic (exact) mass is 176 g/mol. The van der Waals surface area contributed by atoms with Crippen LogP contribution in [0.15, 0.2) is 0 Å². The number of unbranched alkanes of at least 4 members (excludes halogenated alkanes) is 1. The van der Waals surface area contributed by atoms with Gasteiger partial charge in [-0.2, -0.15) is 4.89 Å². The summed E-state index contributed by atoms with van der Waals surface area (Å²) >= 11 is 0. The van der Waals surface area contributed by atoms with Crippen LogP contribution in [0.5, 0.6) is 0 Å². The quantitative estimate of drug-likeness (QED) is 0.333. The summed E-state index contributed by atoms with van der Waals surface area (Å²) in [4.78, 5) is 18.9. The molecule has 0 fully saturated rings. The van der Waals surface area contributed by atoms with Gasteiger partial charge in [-0.25, -0.2) is 4.79 Å². The third-order valence-corrected chi connectivity index (χ3v) is 1.13. The van der Waals surface area contributed by atoms with Gasteiger partial charge in [0.1, 0.15) is 6.61 Å². The third kappa shape index (κ3) is 9.39. The van der Waals surface area contributed by atoms with Crippen LogP contribution in [0.25, 0.3) is 0 Å². The van der Waals surface area contributed by atoms with E-state index in [1.54, 1.807) is 0 Å². The standard InChI is InChI=1S/C8H16O4/c1-3-4-5-10-6-7-11-12-8(2)9/h3-7H2,1-2H3. The average Bonchev–Trinajstić information content (AvgIpc) is 2.02. The summed E-state index contributed by atoms with van der Waals surface area (Å²) in [5, 5.41) is 0. The zero-order valence-electron chi connectivity index (χ0n) is 7.67. The van der Waals surface area contributed by atoms with E-state index in [0.717, 1.165) is 19.4 Å². The maximum Gasteiger partial charge on any atom is 0.339 e. The summed E-state index contributed by atoms with van der Waals surface area (Å²) in [6, 6.07) is 0. The maximum absolute atomic E-state index is 10.2. The SMILES string of the molecule is CCCCOCCOOC(C)=O. The van der Waals surface area contributed by atoms with Crippen LogP contribution in [0.1, 0.15) is 26.7 Å². The van der Waals surface area contributed by atoms with Gasteiger partial charge >= 0.3 is 5.97 Å². The first-order chi connectivity index (χ1) is 5.77. The molecule has 0 saturated heterocycles. The molecule has 0 aromatic heterocycles. The molecule has 0 N–H and O–H groups in total. The van der Waals surface area contributed by atoms with Crippen LogP contribution in [0, 0.1) is 0 Å². The highest BCUT2D eigenvalue weighted by atomic mass is 17.2. The first-order valence-electron chi connectivity index (χ1n) is 4.15. The van der Waals surface area contributed by atoms with Gasteiger partial charge in [0.25, 0.3) is 0 Å². The normalized spacial score (nSPS) is 9.83. The van der Waals surface area contributed by atoms with Gasteiger partial charge in [0.2, 0.25) is 0 Å². The number of carbonyl (C=O) groups excluding carboxylic acids is 1. The van der Waals surface area contributed by atoms with Crippen molar-refractivity contribution in [3.8, 4) is 0 Å². The molecular weight excluding hydrogens is 160 g/mol. The van der Waals surface area contributed by atoms with Crippen molar-refractivity contribution >= 4 is 5.97 Å². The number of rotatable bonds is 7. The molecule has 12 heavy (non-hydrogen) atoms. The van der Waals surface area contributed by atoms with Gasteiger partial charge in [0, 0.05) is 13.5 Å². The van der Waals surface area contributed by atoms with E-state index in [2.05, 4.69) is 16.7 Å². The van der Waals surface area contributed by atoms with E-state index >= 15 is 0 Å². The second-order valence-corrected chi connectivity index (χ2v) is 2.36. The molecule has 0 amide bonds. The van der Waals surface area contributed by atoms with Crippen molar-refractivity contribution in [3.63, 3.8) is 0 Å². The molecule has 0 heterocycles. The van der Waals surface area contributed by atoms with Crippen molar-refractivity contribution < 1.29 is 19.3 Å². The molecule has 0 aromatic rings. The van der Waals surface area contributed by atoms with E-state index in [0.29, 0.717) is 13.2 Å². The second kappa shape index (κ2) is 8.49. The molecule has 72 valence electrons. The van der Waals surface area contributed by atoms with Gasteiger partial charge in [-0.1, -0.05) is 13.3 Å². The van der Waals surface area contributed by atoms with E-state index in [1.165, 1.54) is 6.92 Å². The topological polar surface area (TPSA) is 44.8 Å². The van der Waals surface area contributed by atoms with Crippen molar-refractivity contribution in [3.05, 3.63) is 0 Å². The van der Waals surface area contributed by atoms with Crippen molar-refractivity contribution in [2.24, 2.45) is 0 Å². The lowest BCUT2D eigenvalue weighted by atomic mass is 10.4. The van der Waals surface area contributed by atoms with Gasteiger partial charge in [0.15, 0.2) is 0 Å². The van der Waals surface area contributed by atoms with Gasteiger partial charge in [-0.3, -0.25) is 4.89 Å². The zero-order valence-corrected chi connectivity index (χ0v) is 7.67. The summed E-state index contributed by atoms with van der Waals surface area (Å²) in [6.07, 6.45) is 2.17. The van der Waals surface area contributed by atoms with Crippen molar-refractivity contribution in [1.29, 1.82) is 0 Å². The highest BCUT2D eigenvalue weighted by molar-refractivity contribution is 5.65. The number of hydrogen-bond acceptors (Lipinski definition) is 4. The Morgan fingerprint density at radius 1 is 1.25 bits per heavy atom. The van der Waals surface area contributed by atoms with Crippen LogP contribution in [-0.2, 0) is 19.3 Å². The molecule has 0 atom stereocenters. The molecule has 0 unspecified atom stereocenters. The van der Waals surface area contributed by atoms with Crippen LogP contribution in [0.2, 0.25) is 0 Å². The van der Waals surface area contributed by atoms with Crippen LogP contribution >= 0.6 is 0 Å². The van der Waals surface area contributed by atoms with Gasteiger partial charge in [-0.15, -0.1) is 0 Å². The largest absolute Gasteiger partial charge is 0.379 e. The van der Waals surface area contributed by atoms with E-state index in [-0.39, 0.29) is 0 Å². The summed E-state index contributed by atoms with van der Waals surface area (Å²) < 4.78 is 5.14. The van der Waals surface area contributed by atoms with Gasteiger partial charge < -0.3 is 4.74 Å². The lowest BCUT2D eigenvalue weighted by molar-refractivity contribution is -0.274. The Balaban J connectivity index is 2.86. The minimum atomic E-state index is -0.441. The number of ether oxygens (including phenoxy) is 1. The van der Waals surface area contributed by atoms with E-state index in [9.17, 15) is 4.79 Å². The Labute approximate surface area is 72.7 Å². The Bertz CT molecular complexity index is 114. The lowest BCUT2D eigenvalue weighted by Gasteiger charge is -2.02. The predicted molar refractivity (Wildman–Crippen MR) is 43.4 cm³/mol. The number of carbonyl (C=O) groups is 1. The fraction of sp³-hybridized carbons (Fsp3) is 0.875. The van der Waals surface area contributed by atoms with Crippen molar-refractivity contribution in [1.82, 2.24) is 0 Å². The molecule has 4 nitrogen and oxygen atoms in total. The Kier molecular flexibility index (Phi) is 8.05. The molecule has 4 heteroatoms. The molecule has 0 saturated carbocycles. The highest BCUT2D eigenvalue weighted by Crippen LogP contribution is 1.88. The summed E-state index contributed by atoms with van der Waals surface area (Å²) in [5.74, 6) is -0.441. The fourth-order valence-electron chi connectivity index (χ4n) is 0.566. The zero-order chi connectivity index (χ0) is 9.23. The Hall–Kier alpha value is -0.610. The first-order valence-corrected chi connectivity index (χ1v) is 4.15. The molecule has 0 aliphatic rings. The van der Waals surface area contributed by atoms with Crippen molar-refractivity contribution in [2.45, 2.75) is 26.7 Å². The molecular formula is C8H16O4. The van der Waals surface area contributed by atoms with Crippen LogP contribution in [0.4, 0.5) is 0 Å². The summed E-state index contributed by atoms with van der Waals surface area (Å²) in [7, 11) is 0. The van der Waals surface area contributed by atoms with Crippen LogP contribution in [0.3, 0.4) is 0 Å². The molecule has 0 aliphatic heterocycles. The van der Waals surface area contributed by atoms with E-state index in [1.807, 2.05) is 0 Å². The highest BCUT2D eigenvalue weighted by Gasteiger charge is 1.93. The van der Waals surface area contributed by atoms with Crippen LogP contribution < -0.4 is 0 Å². The molecule has 0 bridgehead atoms. The van der Waals surface area contributed by atoms with Crippen molar-refractivity contribution in [2.75, 3.05) is 19.8 Å². The minimum Gasteiger partial charge on any atom is -0.379 e. The number of hydrogen-bond donors (Lipinski definition) is 0. The average molecular weight is 176 g/mol. The first kappa shape index (κ1) is 11.4. The smallest absolute Gasteiger partial charge is 0.339 e. The minimum absolute atomic E-state index is 0.295. The summed E-state index contributed by atoms with van der Waals surface area (Å²) in [6.45, 7) is 4.88. The Morgan fingerprint density at radius 2 is 2.00 bits per heavy atom. The van der Waals surface area contributed by atoms with Gasteiger partial charge in [0.05, 0.1) is 6.61 Å². The predicted octanol–water partition coefficient (Wildman–Crippen LogP) is 1.30. The molecule has 0 aliphatic carbocycles. The molecule has 0 radical (unpaired) electrons. The molecule has 0 spiro atoms. The lowest BCUT2D eigenvalue weighted by Crippen LogP contribution is -2.07. The van der Waals surface area contributed by atoms with E-state index < -0.39 is 5.97 Å². The summed E-state index contributed by atoms with van der Waals surface area (Å²) in [5.41, 5.74) is 0. The van der Waals surface area contributed by atoms with Crippen LogP contribution in [-0.4, -0.2) is 25.8 Å². The van der Waals surface area contributed by atoms with Gasteiger partial charge in [-0.05, 0) is 6.42 Å². The van der Waals surface area contributed by atoms with E-state index in [4.69, 9.17) is 4.74 Å². The Morgan fingerprint density at radius 3 is 2.58 bits per heavy atom.